The van der Waals surface area contributed by atoms with Crippen molar-refractivity contribution in [3.63, 3.8) is 0 Å². The van der Waals surface area contributed by atoms with Gasteiger partial charge in [-0.05, 0) is 43.6 Å². The number of benzene rings is 1. The largest absolute Gasteiger partial charge is 0.454 e. The van der Waals surface area contributed by atoms with Crippen LogP contribution in [0.1, 0.15) is 37.7 Å². The van der Waals surface area contributed by atoms with E-state index >= 15 is 0 Å². The highest BCUT2D eigenvalue weighted by atomic mass is 16.7. The van der Waals surface area contributed by atoms with Gasteiger partial charge in [-0.15, -0.1) is 0 Å². The Labute approximate surface area is 119 Å². The highest BCUT2D eigenvalue weighted by Crippen LogP contribution is 2.36. The Morgan fingerprint density at radius 3 is 2.65 bits per heavy atom. The number of nitriles is 1. The molecular weight excluding hydrogens is 252 g/mol. The zero-order chi connectivity index (χ0) is 13.9. The Morgan fingerprint density at radius 1 is 1.15 bits per heavy atom. The van der Waals surface area contributed by atoms with Crippen LogP contribution in [0.25, 0.3) is 0 Å². The van der Waals surface area contributed by atoms with Gasteiger partial charge in [0, 0.05) is 5.92 Å². The molecule has 0 spiro atoms. The summed E-state index contributed by atoms with van der Waals surface area (Å²) >= 11 is 0. The summed E-state index contributed by atoms with van der Waals surface area (Å²) in [5, 5.41) is 9.56. The second-order valence-electron chi connectivity index (χ2n) is 5.57. The first kappa shape index (κ1) is 13.3. The lowest BCUT2D eigenvalue weighted by atomic mass is 9.91. The Balaban J connectivity index is 1.79. The summed E-state index contributed by atoms with van der Waals surface area (Å²) in [6.45, 7) is 4.49. The summed E-state index contributed by atoms with van der Waals surface area (Å²) in [4.78, 5) is 2.32. The first-order valence-corrected chi connectivity index (χ1v) is 7.33. The Kier molecular flexibility index (Phi) is 3.79. The van der Waals surface area contributed by atoms with Crippen LogP contribution >= 0.6 is 0 Å². The second kappa shape index (κ2) is 5.72. The van der Waals surface area contributed by atoms with Gasteiger partial charge in [-0.2, -0.15) is 5.26 Å². The van der Waals surface area contributed by atoms with Crippen LogP contribution in [-0.2, 0) is 0 Å². The molecule has 20 heavy (non-hydrogen) atoms. The van der Waals surface area contributed by atoms with Crippen molar-refractivity contribution in [1.29, 1.82) is 5.26 Å². The summed E-state index contributed by atoms with van der Waals surface area (Å²) in [5.74, 6) is 1.77. The summed E-state index contributed by atoms with van der Waals surface area (Å²) in [6, 6.07) is 8.44. The molecule has 2 heterocycles. The van der Waals surface area contributed by atoms with Crippen molar-refractivity contribution in [2.45, 2.75) is 38.1 Å². The van der Waals surface area contributed by atoms with Crippen LogP contribution < -0.4 is 9.47 Å². The van der Waals surface area contributed by atoms with Gasteiger partial charge in [0.2, 0.25) is 6.79 Å². The standard InChI is InChI=1S/C16H20N2O2/c1-12(14(10-17)18-7-3-2-4-8-18)13-5-6-15-16(9-13)20-11-19-15/h5-6,9,12,14H,2-4,7-8,11H2,1H3. The van der Waals surface area contributed by atoms with E-state index in [-0.39, 0.29) is 12.0 Å². The number of ether oxygens (including phenoxy) is 2. The third kappa shape index (κ3) is 2.46. The lowest BCUT2D eigenvalue weighted by Crippen LogP contribution is -2.41. The number of piperidine rings is 1. The molecule has 1 saturated heterocycles. The van der Waals surface area contributed by atoms with Crippen LogP contribution in [0, 0.1) is 11.3 Å². The maximum absolute atomic E-state index is 9.56. The summed E-state index contributed by atoms with van der Waals surface area (Å²) < 4.78 is 10.8. The molecule has 0 aromatic heterocycles. The summed E-state index contributed by atoms with van der Waals surface area (Å²) in [5.41, 5.74) is 1.14. The van der Waals surface area contributed by atoms with E-state index in [4.69, 9.17) is 9.47 Å². The Bertz CT molecular complexity index is 518. The van der Waals surface area contributed by atoms with Crippen molar-refractivity contribution in [2.24, 2.45) is 0 Å². The van der Waals surface area contributed by atoms with Gasteiger partial charge >= 0.3 is 0 Å². The topological polar surface area (TPSA) is 45.5 Å². The zero-order valence-corrected chi connectivity index (χ0v) is 11.8. The van der Waals surface area contributed by atoms with Gasteiger partial charge < -0.3 is 9.47 Å². The minimum absolute atomic E-state index is 0.0596. The van der Waals surface area contributed by atoms with E-state index in [1.807, 2.05) is 18.2 Å². The first-order chi connectivity index (χ1) is 9.79. The van der Waals surface area contributed by atoms with E-state index in [2.05, 4.69) is 17.9 Å². The van der Waals surface area contributed by atoms with E-state index in [9.17, 15) is 5.26 Å². The molecule has 2 unspecified atom stereocenters. The molecule has 1 fully saturated rings. The average Bonchev–Trinajstić information content (AvgIpc) is 2.96. The van der Waals surface area contributed by atoms with Crippen LogP contribution in [0.3, 0.4) is 0 Å². The van der Waals surface area contributed by atoms with E-state index < -0.39 is 0 Å². The third-order valence-corrected chi connectivity index (χ3v) is 4.31. The molecular formula is C16H20N2O2. The monoisotopic (exact) mass is 272 g/mol. The van der Waals surface area contributed by atoms with E-state index in [1.165, 1.54) is 19.3 Å². The predicted octanol–water partition coefficient (Wildman–Crippen LogP) is 2.90. The summed E-state index contributed by atoms with van der Waals surface area (Å²) in [7, 11) is 0. The maximum Gasteiger partial charge on any atom is 0.231 e. The number of fused-ring (bicyclic) bond motifs is 1. The van der Waals surface area contributed by atoms with Crippen LogP contribution in [-0.4, -0.2) is 30.8 Å². The highest BCUT2D eigenvalue weighted by molar-refractivity contribution is 5.45. The van der Waals surface area contributed by atoms with E-state index in [0.29, 0.717) is 6.79 Å². The number of nitrogens with zero attached hydrogens (tertiary/aromatic N) is 2. The van der Waals surface area contributed by atoms with Crippen molar-refractivity contribution < 1.29 is 9.47 Å². The molecule has 0 amide bonds. The third-order valence-electron chi connectivity index (χ3n) is 4.31. The summed E-state index contributed by atoms with van der Waals surface area (Å²) in [6.07, 6.45) is 3.69. The number of hydrogen-bond donors (Lipinski definition) is 0. The lowest BCUT2D eigenvalue weighted by molar-refractivity contribution is 0.173. The van der Waals surface area contributed by atoms with Crippen molar-refractivity contribution >= 4 is 0 Å². The van der Waals surface area contributed by atoms with Crippen molar-refractivity contribution in [3.8, 4) is 17.6 Å². The molecule has 4 nitrogen and oxygen atoms in total. The van der Waals surface area contributed by atoms with Crippen molar-refractivity contribution in [1.82, 2.24) is 4.90 Å². The second-order valence-corrected chi connectivity index (χ2v) is 5.57. The van der Waals surface area contributed by atoms with Gasteiger partial charge in [-0.25, -0.2) is 0 Å². The number of likely N-dealkylation sites (tertiary alicyclic amines) is 1. The number of hydrogen-bond acceptors (Lipinski definition) is 4. The molecule has 2 aliphatic rings. The fourth-order valence-corrected chi connectivity index (χ4v) is 3.08. The molecule has 4 heteroatoms. The molecule has 0 saturated carbocycles. The normalized spacial score (nSPS) is 21.2. The van der Waals surface area contributed by atoms with E-state index in [1.54, 1.807) is 0 Å². The van der Waals surface area contributed by atoms with E-state index in [0.717, 1.165) is 30.2 Å². The fourth-order valence-electron chi connectivity index (χ4n) is 3.08. The highest BCUT2D eigenvalue weighted by Gasteiger charge is 2.27. The lowest BCUT2D eigenvalue weighted by Gasteiger charge is -2.34. The molecule has 2 atom stereocenters. The van der Waals surface area contributed by atoms with Gasteiger partial charge in [-0.1, -0.05) is 19.4 Å². The smallest absolute Gasteiger partial charge is 0.231 e. The average molecular weight is 272 g/mol. The molecule has 0 aliphatic carbocycles. The SMILES string of the molecule is CC(c1ccc2c(c1)OCO2)C(C#N)N1CCCCC1. The molecule has 0 radical (unpaired) electrons. The minimum Gasteiger partial charge on any atom is -0.454 e. The molecule has 1 aromatic carbocycles. The quantitative estimate of drug-likeness (QED) is 0.848. The van der Waals surface area contributed by atoms with Gasteiger partial charge in [0.05, 0.1) is 6.07 Å². The van der Waals surface area contributed by atoms with Crippen LogP contribution in [0.5, 0.6) is 11.5 Å². The van der Waals surface area contributed by atoms with Crippen LogP contribution in [0.15, 0.2) is 18.2 Å². The Morgan fingerprint density at radius 2 is 1.90 bits per heavy atom. The molecule has 106 valence electrons. The molecule has 0 bridgehead atoms. The fraction of sp³-hybridized carbons (Fsp3) is 0.562. The van der Waals surface area contributed by atoms with Crippen LogP contribution in [0.4, 0.5) is 0 Å². The molecule has 1 aromatic rings. The molecule has 2 aliphatic heterocycles. The van der Waals surface area contributed by atoms with Gasteiger partial charge in [0.15, 0.2) is 11.5 Å². The molecule has 3 rings (SSSR count). The van der Waals surface area contributed by atoms with Gasteiger partial charge in [0.25, 0.3) is 0 Å². The molecule has 0 N–H and O–H groups in total. The maximum atomic E-state index is 9.56. The first-order valence-electron chi connectivity index (χ1n) is 7.33. The van der Waals surface area contributed by atoms with Crippen molar-refractivity contribution in [3.05, 3.63) is 23.8 Å². The minimum atomic E-state index is -0.0596. The van der Waals surface area contributed by atoms with Crippen molar-refractivity contribution in [2.75, 3.05) is 19.9 Å². The van der Waals surface area contributed by atoms with Gasteiger partial charge in [-0.3, -0.25) is 4.90 Å². The number of rotatable bonds is 3. The van der Waals surface area contributed by atoms with Crippen LogP contribution in [0.2, 0.25) is 0 Å². The van der Waals surface area contributed by atoms with Gasteiger partial charge in [0.1, 0.15) is 6.04 Å². The Hall–Kier alpha value is -1.73. The predicted molar refractivity (Wildman–Crippen MR) is 75.8 cm³/mol. The zero-order valence-electron chi connectivity index (χ0n) is 11.8.